The molecule has 110 valence electrons. The number of thiocarbonyl (C=S) groups is 1. The second kappa shape index (κ2) is 7.57. The fourth-order valence-electron chi connectivity index (χ4n) is 2.07. The Kier molecular flexibility index (Phi) is 5.76. The summed E-state index contributed by atoms with van der Waals surface area (Å²) in [7, 11) is 0. The lowest BCUT2D eigenvalue weighted by molar-refractivity contribution is 0.722. The molecule has 2 N–H and O–H groups in total. The standard InChI is InChI=1S/C17H19BrN2S/c1-3-13-5-4-6-16(11-13)20-17(21)19-12(2)14-7-9-15(18)10-8-14/h4-12H,3H2,1-2H3,(H2,19,20,21)/t12-/m0/s1. The first-order chi connectivity index (χ1) is 10.1. The number of halogens is 1. The Hall–Kier alpha value is -1.39. The van der Waals surface area contributed by atoms with E-state index in [2.05, 4.69) is 64.7 Å². The molecule has 4 heteroatoms. The summed E-state index contributed by atoms with van der Waals surface area (Å²) in [5.41, 5.74) is 3.52. The van der Waals surface area contributed by atoms with E-state index in [4.69, 9.17) is 12.2 Å². The Balaban J connectivity index is 1.96. The third-order valence-corrected chi connectivity index (χ3v) is 4.06. The molecule has 0 saturated heterocycles. The minimum atomic E-state index is 0.160. The average Bonchev–Trinajstić information content (AvgIpc) is 2.47. The summed E-state index contributed by atoms with van der Waals surface area (Å²) in [6, 6.07) is 16.7. The fraction of sp³-hybridized carbons (Fsp3) is 0.235. The van der Waals surface area contributed by atoms with Crippen molar-refractivity contribution >= 4 is 38.9 Å². The summed E-state index contributed by atoms with van der Waals surface area (Å²) >= 11 is 8.83. The Morgan fingerprint density at radius 1 is 1.19 bits per heavy atom. The number of aryl methyl sites for hydroxylation is 1. The van der Waals surface area contributed by atoms with E-state index >= 15 is 0 Å². The topological polar surface area (TPSA) is 24.1 Å². The Morgan fingerprint density at radius 2 is 1.90 bits per heavy atom. The molecule has 2 rings (SSSR count). The molecule has 2 nitrogen and oxygen atoms in total. The summed E-state index contributed by atoms with van der Waals surface area (Å²) in [5.74, 6) is 0. The summed E-state index contributed by atoms with van der Waals surface area (Å²) in [6.45, 7) is 4.24. The van der Waals surface area contributed by atoms with E-state index in [1.807, 2.05) is 24.3 Å². The Bertz CT molecular complexity index is 610. The molecular formula is C17H19BrN2S. The average molecular weight is 363 g/mol. The van der Waals surface area contributed by atoms with Crippen LogP contribution in [0, 0.1) is 0 Å². The van der Waals surface area contributed by atoms with Gasteiger partial charge >= 0.3 is 0 Å². The molecule has 0 amide bonds. The molecule has 1 atom stereocenters. The van der Waals surface area contributed by atoms with Gasteiger partial charge in [-0.15, -0.1) is 0 Å². The van der Waals surface area contributed by atoms with Gasteiger partial charge in [-0.1, -0.05) is 47.1 Å². The van der Waals surface area contributed by atoms with Crippen LogP contribution in [0.1, 0.15) is 31.0 Å². The van der Waals surface area contributed by atoms with Gasteiger partial charge in [0, 0.05) is 10.2 Å². The number of nitrogens with one attached hydrogen (secondary N) is 2. The SMILES string of the molecule is CCc1cccc(NC(=S)N[C@@H](C)c2ccc(Br)cc2)c1. The third-order valence-electron chi connectivity index (χ3n) is 3.31. The van der Waals surface area contributed by atoms with Crippen LogP contribution in [0.25, 0.3) is 0 Å². The lowest BCUT2D eigenvalue weighted by Gasteiger charge is -2.17. The minimum Gasteiger partial charge on any atom is -0.356 e. The van der Waals surface area contributed by atoms with Crippen molar-refractivity contribution in [1.82, 2.24) is 5.32 Å². The van der Waals surface area contributed by atoms with E-state index in [9.17, 15) is 0 Å². The lowest BCUT2D eigenvalue weighted by atomic mass is 10.1. The van der Waals surface area contributed by atoms with Gasteiger partial charge in [0.2, 0.25) is 0 Å². The van der Waals surface area contributed by atoms with Gasteiger partial charge < -0.3 is 10.6 Å². The van der Waals surface area contributed by atoms with E-state index < -0.39 is 0 Å². The highest BCUT2D eigenvalue weighted by Gasteiger charge is 2.07. The van der Waals surface area contributed by atoms with Crippen molar-refractivity contribution in [2.45, 2.75) is 26.3 Å². The maximum absolute atomic E-state index is 5.39. The van der Waals surface area contributed by atoms with Crippen LogP contribution in [0.5, 0.6) is 0 Å². The van der Waals surface area contributed by atoms with E-state index in [0.717, 1.165) is 16.6 Å². The molecule has 0 aliphatic rings. The van der Waals surface area contributed by atoms with Crippen LogP contribution in [0.4, 0.5) is 5.69 Å². The van der Waals surface area contributed by atoms with E-state index in [0.29, 0.717) is 5.11 Å². The van der Waals surface area contributed by atoms with Gasteiger partial charge in [0.25, 0.3) is 0 Å². The van der Waals surface area contributed by atoms with Crippen molar-refractivity contribution in [2.75, 3.05) is 5.32 Å². The predicted octanol–water partition coefficient (Wildman–Crippen LogP) is 5.06. The molecule has 0 aliphatic carbocycles. The van der Waals surface area contributed by atoms with Crippen LogP contribution in [0.3, 0.4) is 0 Å². The van der Waals surface area contributed by atoms with Crippen molar-refractivity contribution in [3.05, 3.63) is 64.1 Å². The summed E-state index contributed by atoms with van der Waals surface area (Å²) in [6.07, 6.45) is 1.02. The monoisotopic (exact) mass is 362 g/mol. The van der Waals surface area contributed by atoms with Crippen molar-refractivity contribution in [3.63, 3.8) is 0 Å². The predicted molar refractivity (Wildman–Crippen MR) is 97.7 cm³/mol. The van der Waals surface area contributed by atoms with Gasteiger partial charge in [0.15, 0.2) is 5.11 Å². The van der Waals surface area contributed by atoms with Gasteiger partial charge in [0.05, 0.1) is 6.04 Å². The normalized spacial score (nSPS) is 11.8. The Labute approximate surface area is 140 Å². The van der Waals surface area contributed by atoms with Crippen LogP contribution in [-0.2, 0) is 6.42 Å². The van der Waals surface area contributed by atoms with Crippen molar-refractivity contribution in [1.29, 1.82) is 0 Å². The number of anilines is 1. The van der Waals surface area contributed by atoms with E-state index in [-0.39, 0.29) is 6.04 Å². The maximum atomic E-state index is 5.39. The third kappa shape index (κ3) is 4.83. The molecule has 2 aromatic rings. The molecular weight excluding hydrogens is 344 g/mol. The summed E-state index contributed by atoms with van der Waals surface area (Å²) in [5, 5.41) is 7.18. The molecule has 0 bridgehead atoms. The number of benzene rings is 2. The lowest BCUT2D eigenvalue weighted by Crippen LogP contribution is -2.30. The zero-order chi connectivity index (χ0) is 15.2. The second-order valence-corrected chi connectivity index (χ2v) is 6.25. The first-order valence-electron chi connectivity index (χ1n) is 7.00. The van der Waals surface area contributed by atoms with E-state index in [1.54, 1.807) is 0 Å². The molecule has 0 fully saturated rings. The molecule has 0 saturated carbocycles. The van der Waals surface area contributed by atoms with Gasteiger partial charge in [-0.2, -0.15) is 0 Å². The Morgan fingerprint density at radius 3 is 2.57 bits per heavy atom. The number of rotatable bonds is 4. The molecule has 21 heavy (non-hydrogen) atoms. The number of hydrogen-bond acceptors (Lipinski definition) is 1. The van der Waals surface area contributed by atoms with Crippen molar-refractivity contribution < 1.29 is 0 Å². The molecule has 0 unspecified atom stereocenters. The maximum Gasteiger partial charge on any atom is 0.171 e. The first-order valence-corrected chi connectivity index (χ1v) is 8.20. The van der Waals surface area contributed by atoms with Gasteiger partial charge in [-0.3, -0.25) is 0 Å². The minimum absolute atomic E-state index is 0.160. The highest BCUT2D eigenvalue weighted by atomic mass is 79.9. The second-order valence-electron chi connectivity index (χ2n) is 4.93. The van der Waals surface area contributed by atoms with Crippen LogP contribution >= 0.6 is 28.1 Å². The molecule has 0 aromatic heterocycles. The smallest absolute Gasteiger partial charge is 0.171 e. The van der Waals surface area contributed by atoms with Crippen LogP contribution in [-0.4, -0.2) is 5.11 Å². The summed E-state index contributed by atoms with van der Waals surface area (Å²) in [4.78, 5) is 0. The highest BCUT2D eigenvalue weighted by Crippen LogP contribution is 2.17. The van der Waals surface area contributed by atoms with Gasteiger partial charge in [0.1, 0.15) is 0 Å². The molecule has 0 heterocycles. The quantitative estimate of drug-likeness (QED) is 0.743. The fourth-order valence-corrected chi connectivity index (χ4v) is 2.63. The zero-order valence-electron chi connectivity index (χ0n) is 12.2. The molecule has 0 spiro atoms. The van der Waals surface area contributed by atoms with Crippen LogP contribution < -0.4 is 10.6 Å². The van der Waals surface area contributed by atoms with Crippen LogP contribution in [0.15, 0.2) is 53.0 Å². The molecule has 0 radical (unpaired) electrons. The van der Waals surface area contributed by atoms with E-state index in [1.165, 1.54) is 11.1 Å². The van der Waals surface area contributed by atoms with Crippen molar-refractivity contribution in [2.24, 2.45) is 0 Å². The molecule has 2 aromatic carbocycles. The molecule has 0 aliphatic heterocycles. The first kappa shape index (κ1) is 16.0. The highest BCUT2D eigenvalue weighted by molar-refractivity contribution is 9.10. The van der Waals surface area contributed by atoms with Gasteiger partial charge in [-0.05, 0) is 61.0 Å². The van der Waals surface area contributed by atoms with Crippen molar-refractivity contribution in [3.8, 4) is 0 Å². The summed E-state index contributed by atoms with van der Waals surface area (Å²) < 4.78 is 1.08. The number of hydrogen-bond donors (Lipinski definition) is 2. The van der Waals surface area contributed by atoms with Gasteiger partial charge in [-0.25, -0.2) is 0 Å². The largest absolute Gasteiger partial charge is 0.356 e. The van der Waals surface area contributed by atoms with Crippen LogP contribution in [0.2, 0.25) is 0 Å². The zero-order valence-corrected chi connectivity index (χ0v) is 14.6.